The second-order valence-corrected chi connectivity index (χ2v) is 4.11. The van der Waals surface area contributed by atoms with Crippen molar-refractivity contribution in [2.75, 3.05) is 6.61 Å². The lowest BCUT2D eigenvalue weighted by atomic mass is 9.82. The maximum absolute atomic E-state index is 11.4. The number of ether oxygens (including phenoxy) is 1. The van der Waals surface area contributed by atoms with Crippen molar-refractivity contribution >= 4 is 22.7 Å². The van der Waals surface area contributed by atoms with Gasteiger partial charge >= 0.3 is 5.97 Å². The molecule has 0 bridgehead atoms. The number of rotatable bonds is 3. The number of hydrogen-bond donors (Lipinski definition) is 1. The molecule has 0 atom stereocenters. The number of nitrogens with zero attached hydrogens (tertiary/aromatic N) is 1. The highest BCUT2D eigenvalue weighted by atomic mass is 35.5. The molecule has 0 heterocycles. The molecular formula is C10H16ClNO3. The minimum absolute atomic E-state index is 0.00985. The van der Waals surface area contributed by atoms with E-state index in [1.165, 1.54) is 0 Å². The lowest BCUT2D eigenvalue weighted by Crippen LogP contribution is -2.25. The third-order valence-electron chi connectivity index (χ3n) is 2.78. The molecule has 1 aliphatic rings. The van der Waals surface area contributed by atoms with Crippen LogP contribution in [0.1, 0.15) is 32.6 Å². The molecule has 1 N–H and O–H groups in total. The predicted octanol–water partition coefficient (Wildman–Crippen LogP) is 2.38. The zero-order chi connectivity index (χ0) is 11.3. The van der Waals surface area contributed by atoms with Crippen LogP contribution in [0.3, 0.4) is 0 Å². The molecule has 0 aromatic carbocycles. The van der Waals surface area contributed by atoms with Crippen LogP contribution >= 0.6 is 11.6 Å². The minimum atomic E-state index is -0.118. The fourth-order valence-corrected chi connectivity index (χ4v) is 2.13. The van der Waals surface area contributed by atoms with Crippen LogP contribution in [-0.4, -0.2) is 23.0 Å². The number of oxime groups is 1. The maximum Gasteiger partial charge on any atom is 0.308 e. The molecule has 0 radical (unpaired) electrons. The van der Waals surface area contributed by atoms with Gasteiger partial charge in [-0.2, -0.15) is 0 Å². The van der Waals surface area contributed by atoms with E-state index in [0.717, 1.165) is 25.7 Å². The molecule has 1 fully saturated rings. The van der Waals surface area contributed by atoms with Crippen molar-refractivity contribution < 1.29 is 14.7 Å². The molecule has 0 saturated heterocycles. The van der Waals surface area contributed by atoms with Gasteiger partial charge in [0.2, 0.25) is 0 Å². The van der Waals surface area contributed by atoms with E-state index in [9.17, 15) is 4.79 Å². The van der Waals surface area contributed by atoms with Gasteiger partial charge in [-0.1, -0.05) is 16.8 Å². The van der Waals surface area contributed by atoms with Crippen LogP contribution in [0.25, 0.3) is 0 Å². The summed E-state index contributed by atoms with van der Waals surface area (Å²) in [6.07, 6.45) is 3.09. The molecule has 1 aliphatic carbocycles. The van der Waals surface area contributed by atoms with E-state index >= 15 is 0 Å². The van der Waals surface area contributed by atoms with E-state index in [-0.39, 0.29) is 23.0 Å². The Bertz CT molecular complexity index is 247. The van der Waals surface area contributed by atoms with Gasteiger partial charge in [0.15, 0.2) is 0 Å². The zero-order valence-corrected chi connectivity index (χ0v) is 9.54. The largest absolute Gasteiger partial charge is 0.466 e. The van der Waals surface area contributed by atoms with Crippen molar-refractivity contribution in [2.45, 2.75) is 32.6 Å². The van der Waals surface area contributed by atoms with Crippen molar-refractivity contribution in [3.63, 3.8) is 0 Å². The molecule has 0 aromatic rings. The van der Waals surface area contributed by atoms with Crippen LogP contribution in [0.2, 0.25) is 0 Å². The van der Waals surface area contributed by atoms with Gasteiger partial charge in [-0.15, -0.1) is 0 Å². The molecule has 0 unspecified atom stereocenters. The molecule has 1 saturated carbocycles. The Balaban J connectivity index is 2.39. The quantitative estimate of drug-likeness (QED) is 0.352. The van der Waals surface area contributed by atoms with Gasteiger partial charge in [-0.3, -0.25) is 4.79 Å². The van der Waals surface area contributed by atoms with E-state index in [4.69, 9.17) is 21.5 Å². The number of carbonyl (C=O) groups excluding carboxylic acids is 1. The van der Waals surface area contributed by atoms with Gasteiger partial charge in [0.1, 0.15) is 5.17 Å². The zero-order valence-electron chi connectivity index (χ0n) is 8.78. The summed E-state index contributed by atoms with van der Waals surface area (Å²) in [6.45, 7) is 2.23. The monoisotopic (exact) mass is 233 g/mol. The van der Waals surface area contributed by atoms with Gasteiger partial charge in [-0.25, -0.2) is 0 Å². The van der Waals surface area contributed by atoms with Gasteiger partial charge in [0.25, 0.3) is 0 Å². The molecule has 4 nitrogen and oxygen atoms in total. The van der Waals surface area contributed by atoms with Crippen molar-refractivity contribution in [1.82, 2.24) is 0 Å². The number of carbonyl (C=O) groups is 1. The normalized spacial score (nSPS) is 27.5. The van der Waals surface area contributed by atoms with Crippen LogP contribution in [0.15, 0.2) is 5.16 Å². The summed E-state index contributed by atoms with van der Waals surface area (Å²) in [5, 5.41) is 11.7. The Kier molecular flexibility index (Phi) is 4.88. The number of esters is 1. The summed E-state index contributed by atoms with van der Waals surface area (Å²) in [4.78, 5) is 11.4. The van der Waals surface area contributed by atoms with Crippen LogP contribution < -0.4 is 0 Å². The summed E-state index contributed by atoms with van der Waals surface area (Å²) in [5.41, 5.74) is 0. The molecule has 0 amide bonds. The third-order valence-corrected chi connectivity index (χ3v) is 3.16. The van der Waals surface area contributed by atoms with E-state index in [1.807, 2.05) is 0 Å². The summed E-state index contributed by atoms with van der Waals surface area (Å²) in [6, 6.07) is 0. The highest BCUT2D eigenvalue weighted by molar-refractivity contribution is 6.65. The maximum atomic E-state index is 11.4. The predicted molar refractivity (Wildman–Crippen MR) is 57.2 cm³/mol. The molecular weight excluding hydrogens is 218 g/mol. The lowest BCUT2D eigenvalue weighted by Gasteiger charge is -2.25. The first-order valence-electron chi connectivity index (χ1n) is 5.23. The number of hydrogen-bond acceptors (Lipinski definition) is 4. The Morgan fingerprint density at radius 3 is 2.40 bits per heavy atom. The van der Waals surface area contributed by atoms with E-state index < -0.39 is 0 Å². The van der Waals surface area contributed by atoms with Crippen molar-refractivity contribution in [1.29, 1.82) is 0 Å². The summed E-state index contributed by atoms with van der Waals surface area (Å²) in [7, 11) is 0. The lowest BCUT2D eigenvalue weighted by molar-refractivity contribution is -0.149. The minimum Gasteiger partial charge on any atom is -0.466 e. The molecule has 5 heteroatoms. The van der Waals surface area contributed by atoms with Gasteiger partial charge in [0, 0.05) is 5.92 Å². The van der Waals surface area contributed by atoms with Gasteiger partial charge < -0.3 is 9.94 Å². The average molecular weight is 234 g/mol. The molecule has 1 rings (SSSR count). The Hall–Kier alpha value is -0.770. The molecule has 0 aliphatic heterocycles. The third kappa shape index (κ3) is 3.38. The molecule has 86 valence electrons. The van der Waals surface area contributed by atoms with Crippen LogP contribution in [0.5, 0.6) is 0 Å². The van der Waals surface area contributed by atoms with Crippen LogP contribution in [0, 0.1) is 11.8 Å². The molecule has 0 spiro atoms. The summed E-state index contributed by atoms with van der Waals surface area (Å²) >= 11 is 5.72. The van der Waals surface area contributed by atoms with E-state index in [2.05, 4.69) is 5.16 Å². The second-order valence-electron chi connectivity index (χ2n) is 3.72. The summed E-state index contributed by atoms with van der Waals surface area (Å²) < 4.78 is 4.95. The van der Waals surface area contributed by atoms with E-state index in [0.29, 0.717) is 6.61 Å². The van der Waals surface area contributed by atoms with Crippen LogP contribution in [0.4, 0.5) is 0 Å². The Morgan fingerprint density at radius 1 is 1.40 bits per heavy atom. The van der Waals surface area contributed by atoms with Crippen LogP contribution in [-0.2, 0) is 9.53 Å². The van der Waals surface area contributed by atoms with Crippen molar-refractivity contribution in [3.8, 4) is 0 Å². The SMILES string of the molecule is CCOC(=O)C1CCC(/C(Cl)=N\O)CC1. The fourth-order valence-electron chi connectivity index (χ4n) is 1.91. The van der Waals surface area contributed by atoms with Gasteiger partial charge in [0.05, 0.1) is 12.5 Å². The van der Waals surface area contributed by atoms with E-state index in [1.54, 1.807) is 6.92 Å². The Morgan fingerprint density at radius 2 is 1.93 bits per heavy atom. The highest BCUT2D eigenvalue weighted by Crippen LogP contribution is 2.31. The standard InChI is InChI=1S/C10H16ClNO3/c1-2-15-10(13)8-5-3-7(4-6-8)9(11)12-14/h7-8,14H,2-6H2,1H3/b12-9+. The first-order chi connectivity index (χ1) is 7.19. The molecule has 15 heavy (non-hydrogen) atoms. The summed E-state index contributed by atoms with van der Waals surface area (Å²) in [5.74, 6) is -0.0280. The first-order valence-corrected chi connectivity index (χ1v) is 5.60. The number of halogens is 1. The van der Waals surface area contributed by atoms with Gasteiger partial charge in [-0.05, 0) is 32.6 Å². The molecule has 0 aromatic heterocycles. The second kappa shape index (κ2) is 5.95. The van der Waals surface area contributed by atoms with Crippen molar-refractivity contribution in [3.05, 3.63) is 0 Å². The fraction of sp³-hybridized carbons (Fsp3) is 0.800. The highest BCUT2D eigenvalue weighted by Gasteiger charge is 2.29. The first kappa shape index (κ1) is 12.3. The topological polar surface area (TPSA) is 58.9 Å². The van der Waals surface area contributed by atoms with Crippen molar-refractivity contribution in [2.24, 2.45) is 17.0 Å². The Labute approximate surface area is 94.2 Å². The average Bonchev–Trinajstić information content (AvgIpc) is 2.28. The smallest absolute Gasteiger partial charge is 0.308 e.